The van der Waals surface area contributed by atoms with Crippen molar-refractivity contribution in [3.05, 3.63) is 35.4 Å². The summed E-state index contributed by atoms with van der Waals surface area (Å²) >= 11 is 0. The van der Waals surface area contributed by atoms with E-state index in [4.69, 9.17) is 5.11 Å². The zero-order chi connectivity index (χ0) is 20.1. The first kappa shape index (κ1) is 20.5. The summed E-state index contributed by atoms with van der Waals surface area (Å²) in [5, 5.41) is 14.9. The molecule has 1 aliphatic heterocycles. The molecule has 8 heteroatoms. The van der Waals surface area contributed by atoms with Crippen LogP contribution in [0.25, 0.3) is 0 Å². The molecule has 1 saturated carbocycles. The van der Waals surface area contributed by atoms with Crippen LogP contribution in [-0.2, 0) is 11.3 Å². The Morgan fingerprint density at radius 3 is 2.32 bits per heavy atom. The molecular weight excluding hydrogens is 368 g/mol. The zero-order valence-corrected chi connectivity index (χ0v) is 15.8. The molecule has 28 heavy (non-hydrogen) atoms. The van der Waals surface area contributed by atoms with E-state index in [-0.39, 0.29) is 36.1 Å². The molecule has 1 unspecified atom stereocenters. The molecule has 2 aliphatic rings. The number of urea groups is 1. The van der Waals surface area contributed by atoms with Gasteiger partial charge in [-0.05, 0) is 57.2 Å². The normalized spacial score (nSPS) is 25.9. The number of nitrogens with zero attached hydrogens (tertiary/aromatic N) is 1. The number of hydrogen-bond donors (Lipinski definition) is 3. The summed E-state index contributed by atoms with van der Waals surface area (Å²) in [6.45, 7) is 1.44. The van der Waals surface area contributed by atoms with Crippen molar-refractivity contribution in [2.75, 3.05) is 13.1 Å². The van der Waals surface area contributed by atoms with Gasteiger partial charge >= 0.3 is 12.0 Å². The van der Waals surface area contributed by atoms with Crippen molar-refractivity contribution in [1.82, 2.24) is 15.5 Å². The number of halogens is 2. The molecule has 2 amide bonds. The Morgan fingerprint density at radius 1 is 1.04 bits per heavy atom. The van der Waals surface area contributed by atoms with E-state index < -0.39 is 17.6 Å². The second kappa shape index (κ2) is 9.32. The minimum absolute atomic E-state index is 0.0113. The molecule has 1 atom stereocenters. The maximum atomic E-state index is 13.9. The van der Waals surface area contributed by atoms with Crippen molar-refractivity contribution in [3.63, 3.8) is 0 Å². The van der Waals surface area contributed by atoms with Crippen molar-refractivity contribution in [3.8, 4) is 0 Å². The van der Waals surface area contributed by atoms with E-state index in [9.17, 15) is 18.4 Å². The first-order valence-electron chi connectivity index (χ1n) is 9.87. The lowest BCUT2D eigenvalue weighted by Gasteiger charge is -2.34. The average molecular weight is 395 g/mol. The van der Waals surface area contributed by atoms with E-state index in [2.05, 4.69) is 10.6 Å². The van der Waals surface area contributed by atoms with Gasteiger partial charge in [0.15, 0.2) is 0 Å². The average Bonchev–Trinajstić information content (AvgIpc) is 2.65. The largest absolute Gasteiger partial charge is 0.481 e. The van der Waals surface area contributed by atoms with E-state index >= 15 is 0 Å². The van der Waals surface area contributed by atoms with Crippen LogP contribution in [0, 0.1) is 17.6 Å². The van der Waals surface area contributed by atoms with Crippen LogP contribution in [0.15, 0.2) is 18.2 Å². The Hall–Kier alpha value is -2.22. The molecule has 0 radical (unpaired) electrons. The Balaban J connectivity index is 1.46. The third kappa shape index (κ3) is 5.41. The highest BCUT2D eigenvalue weighted by Crippen LogP contribution is 2.24. The summed E-state index contributed by atoms with van der Waals surface area (Å²) in [6, 6.07) is 3.50. The van der Waals surface area contributed by atoms with E-state index in [0.29, 0.717) is 32.2 Å². The van der Waals surface area contributed by atoms with Gasteiger partial charge in [-0.25, -0.2) is 13.6 Å². The number of carbonyl (C=O) groups excluding carboxylic acids is 1. The summed E-state index contributed by atoms with van der Waals surface area (Å²) in [5.41, 5.74) is 0.0581. The molecule has 1 saturated heterocycles. The summed E-state index contributed by atoms with van der Waals surface area (Å²) in [6.07, 6.45) is 4.12. The quantitative estimate of drug-likeness (QED) is 0.716. The molecule has 1 aromatic carbocycles. The van der Waals surface area contributed by atoms with Gasteiger partial charge < -0.3 is 15.7 Å². The summed E-state index contributed by atoms with van der Waals surface area (Å²) in [5.74, 6) is -2.18. The van der Waals surface area contributed by atoms with Crippen molar-refractivity contribution in [2.24, 2.45) is 5.92 Å². The van der Waals surface area contributed by atoms with E-state index in [1.807, 2.05) is 4.90 Å². The van der Waals surface area contributed by atoms with Crippen LogP contribution in [0.4, 0.5) is 13.6 Å². The number of aliphatic carboxylic acids is 1. The fraction of sp³-hybridized carbons (Fsp3) is 0.600. The zero-order valence-electron chi connectivity index (χ0n) is 15.8. The van der Waals surface area contributed by atoms with Gasteiger partial charge in [0.1, 0.15) is 11.6 Å². The number of carboxylic acids is 1. The lowest BCUT2D eigenvalue weighted by molar-refractivity contribution is -0.142. The number of hydrogen-bond acceptors (Lipinski definition) is 3. The Morgan fingerprint density at radius 2 is 1.68 bits per heavy atom. The first-order chi connectivity index (χ1) is 13.4. The number of likely N-dealkylation sites (tertiary alicyclic amines) is 1. The summed E-state index contributed by atoms with van der Waals surface area (Å²) < 4.78 is 27.7. The second-order valence-corrected chi connectivity index (χ2v) is 7.78. The lowest BCUT2D eigenvalue weighted by Crippen LogP contribution is -2.52. The maximum Gasteiger partial charge on any atom is 0.315 e. The molecule has 0 aromatic heterocycles. The minimum Gasteiger partial charge on any atom is -0.481 e. The van der Waals surface area contributed by atoms with Crippen LogP contribution in [-0.4, -0.2) is 47.2 Å². The number of nitrogens with one attached hydrogen (secondary N) is 2. The number of carboxylic acid groups (broad SMARTS) is 1. The van der Waals surface area contributed by atoms with Gasteiger partial charge in [0.2, 0.25) is 0 Å². The second-order valence-electron chi connectivity index (χ2n) is 7.78. The third-order valence-electron chi connectivity index (χ3n) is 5.70. The maximum absolute atomic E-state index is 13.9. The fourth-order valence-electron chi connectivity index (χ4n) is 4.12. The predicted octanol–water partition coefficient (Wildman–Crippen LogP) is 2.87. The molecule has 2 fully saturated rings. The SMILES string of the molecule is O=C(NC1CCC(C(=O)O)CC1)NC1CCCN(Cc2c(F)cccc2F)C1. The van der Waals surface area contributed by atoms with E-state index in [1.165, 1.54) is 18.2 Å². The molecule has 1 aromatic rings. The van der Waals surface area contributed by atoms with Crippen LogP contribution < -0.4 is 10.6 Å². The van der Waals surface area contributed by atoms with Crippen LogP contribution in [0.2, 0.25) is 0 Å². The fourth-order valence-corrected chi connectivity index (χ4v) is 4.12. The van der Waals surface area contributed by atoms with Gasteiger partial charge in [-0.3, -0.25) is 9.69 Å². The molecule has 1 heterocycles. The van der Waals surface area contributed by atoms with Crippen LogP contribution >= 0.6 is 0 Å². The van der Waals surface area contributed by atoms with Crippen molar-refractivity contribution in [2.45, 2.75) is 57.2 Å². The molecule has 1 aliphatic carbocycles. The van der Waals surface area contributed by atoms with E-state index in [1.54, 1.807) is 0 Å². The van der Waals surface area contributed by atoms with E-state index in [0.717, 1.165) is 19.4 Å². The van der Waals surface area contributed by atoms with Gasteiger partial charge in [0.25, 0.3) is 0 Å². The van der Waals surface area contributed by atoms with Crippen LogP contribution in [0.5, 0.6) is 0 Å². The minimum atomic E-state index is -0.767. The highest BCUT2D eigenvalue weighted by atomic mass is 19.1. The molecule has 6 nitrogen and oxygen atoms in total. The topological polar surface area (TPSA) is 81.7 Å². The van der Waals surface area contributed by atoms with Gasteiger partial charge in [-0.2, -0.15) is 0 Å². The molecule has 0 bridgehead atoms. The summed E-state index contributed by atoms with van der Waals surface area (Å²) in [4.78, 5) is 25.2. The van der Waals surface area contributed by atoms with Crippen LogP contribution in [0.1, 0.15) is 44.1 Å². The first-order valence-corrected chi connectivity index (χ1v) is 9.87. The monoisotopic (exact) mass is 395 g/mol. The highest BCUT2D eigenvalue weighted by Gasteiger charge is 2.28. The Kier molecular flexibility index (Phi) is 6.83. The van der Waals surface area contributed by atoms with Crippen LogP contribution in [0.3, 0.4) is 0 Å². The molecular formula is C20H27F2N3O3. The van der Waals surface area contributed by atoms with Crippen molar-refractivity contribution in [1.29, 1.82) is 0 Å². The highest BCUT2D eigenvalue weighted by molar-refractivity contribution is 5.74. The number of rotatable bonds is 5. The van der Waals surface area contributed by atoms with Gasteiger partial charge in [0, 0.05) is 30.7 Å². The number of amides is 2. The number of piperidine rings is 1. The molecule has 3 N–H and O–H groups in total. The van der Waals surface area contributed by atoms with Crippen molar-refractivity contribution < 1.29 is 23.5 Å². The Bertz CT molecular complexity index is 688. The van der Waals surface area contributed by atoms with Crippen molar-refractivity contribution >= 4 is 12.0 Å². The predicted molar refractivity (Wildman–Crippen MR) is 99.7 cm³/mol. The lowest BCUT2D eigenvalue weighted by atomic mass is 9.86. The van der Waals surface area contributed by atoms with Gasteiger partial charge in [-0.1, -0.05) is 6.07 Å². The standard InChI is InChI=1S/C20H27F2N3O3/c21-17-4-1-5-18(22)16(17)12-25-10-2-3-15(11-25)24-20(28)23-14-8-6-13(7-9-14)19(26)27/h1,4-5,13-15H,2-3,6-12H2,(H,26,27)(H2,23,24,28). The van der Waals surface area contributed by atoms with Gasteiger partial charge in [-0.15, -0.1) is 0 Å². The van der Waals surface area contributed by atoms with Gasteiger partial charge in [0.05, 0.1) is 5.92 Å². The summed E-state index contributed by atoms with van der Waals surface area (Å²) in [7, 11) is 0. The molecule has 154 valence electrons. The Labute approximate surface area is 163 Å². The third-order valence-corrected chi connectivity index (χ3v) is 5.70. The number of carbonyl (C=O) groups is 2. The molecule has 0 spiro atoms. The smallest absolute Gasteiger partial charge is 0.315 e. The molecule has 3 rings (SSSR count). The number of benzene rings is 1.